The molecule has 1 fully saturated rings. The molecule has 1 saturated heterocycles. The number of nitriles is 1. The molecule has 4 rings (SSSR count). The van der Waals surface area contributed by atoms with Crippen LogP contribution in [0.4, 0.5) is 11.4 Å². The van der Waals surface area contributed by atoms with Gasteiger partial charge in [-0.3, -0.25) is 14.5 Å². The number of nitrogens with one attached hydrogen (secondary N) is 1. The fourth-order valence-corrected chi connectivity index (χ4v) is 4.90. The summed E-state index contributed by atoms with van der Waals surface area (Å²) < 4.78 is 0. The highest BCUT2D eigenvalue weighted by Gasteiger charge is 2.40. The zero-order valence-corrected chi connectivity index (χ0v) is 19.4. The highest BCUT2D eigenvalue weighted by molar-refractivity contribution is 8.05. The fraction of sp³-hybridized carbons (Fsp3) is 0.115. The van der Waals surface area contributed by atoms with Crippen molar-refractivity contribution in [2.24, 2.45) is 0 Å². The summed E-state index contributed by atoms with van der Waals surface area (Å²) in [5.74, 6) is -0.735. The second-order valence-corrected chi connectivity index (χ2v) is 9.19. The van der Waals surface area contributed by atoms with Crippen LogP contribution in [0.2, 0.25) is 5.02 Å². The van der Waals surface area contributed by atoms with Gasteiger partial charge in [0.1, 0.15) is 16.7 Å². The van der Waals surface area contributed by atoms with Gasteiger partial charge in [0.25, 0.3) is 5.91 Å². The molecule has 3 aromatic carbocycles. The van der Waals surface area contributed by atoms with Crippen molar-refractivity contribution < 1.29 is 9.59 Å². The lowest BCUT2D eigenvalue weighted by molar-refractivity contribution is -0.117. The van der Waals surface area contributed by atoms with Gasteiger partial charge in [0, 0.05) is 16.4 Å². The van der Waals surface area contributed by atoms with E-state index >= 15 is 0 Å². The summed E-state index contributed by atoms with van der Waals surface area (Å²) in [6.45, 7) is 2.01. The molecule has 5 nitrogen and oxygen atoms in total. The van der Waals surface area contributed by atoms with Crippen molar-refractivity contribution in [1.82, 2.24) is 0 Å². The molecule has 0 aliphatic carbocycles. The number of hydrogen-bond acceptors (Lipinski definition) is 4. The van der Waals surface area contributed by atoms with E-state index in [2.05, 4.69) is 5.32 Å². The first-order valence-corrected chi connectivity index (χ1v) is 11.5. The summed E-state index contributed by atoms with van der Waals surface area (Å²) in [7, 11) is 0. The van der Waals surface area contributed by atoms with Crippen molar-refractivity contribution in [3.63, 3.8) is 0 Å². The molecule has 2 amide bonds. The Morgan fingerprint density at radius 1 is 1.06 bits per heavy atom. The highest BCUT2D eigenvalue weighted by atomic mass is 35.5. The number of anilines is 2. The molecule has 1 N–H and O–H groups in total. The molecule has 0 unspecified atom stereocenters. The van der Waals surface area contributed by atoms with Crippen LogP contribution >= 0.6 is 23.4 Å². The molecule has 1 aliphatic heterocycles. The lowest BCUT2D eigenvalue weighted by Crippen LogP contribution is -2.30. The zero-order chi connectivity index (χ0) is 23.4. The standard InChI is InChI=1S/C26H20ClN3O2S/c1-17-7-9-18(10-8-17)15-23-25(32)30(21-5-3-2-4-6-21)26(33-23)22(16-28)24(31)29-20-13-11-19(27)12-14-20/h2-14,23H,15H2,1H3,(H,29,31)/b26-22-/t23-/m0/s1. The molecule has 0 bridgehead atoms. The van der Waals surface area contributed by atoms with Gasteiger partial charge >= 0.3 is 0 Å². The third kappa shape index (κ3) is 5.11. The van der Waals surface area contributed by atoms with Gasteiger partial charge in [-0.1, -0.05) is 71.4 Å². The van der Waals surface area contributed by atoms with Crippen molar-refractivity contribution in [3.05, 3.63) is 106 Å². The Kier molecular flexibility index (Phi) is 6.83. The minimum absolute atomic E-state index is 0.112. The number of para-hydroxylation sites is 1. The highest BCUT2D eigenvalue weighted by Crippen LogP contribution is 2.42. The van der Waals surface area contributed by atoms with Crippen LogP contribution in [-0.2, 0) is 16.0 Å². The van der Waals surface area contributed by atoms with E-state index in [0.717, 1.165) is 11.1 Å². The molecule has 0 radical (unpaired) electrons. The summed E-state index contributed by atoms with van der Waals surface area (Å²) in [5, 5.41) is 13.0. The van der Waals surface area contributed by atoms with Crippen molar-refractivity contribution in [3.8, 4) is 6.07 Å². The maximum Gasteiger partial charge on any atom is 0.269 e. The summed E-state index contributed by atoms with van der Waals surface area (Å²) in [6.07, 6.45) is 0.494. The van der Waals surface area contributed by atoms with E-state index in [4.69, 9.17) is 11.6 Å². The molecule has 0 spiro atoms. The Hall–Kier alpha value is -3.53. The zero-order valence-electron chi connectivity index (χ0n) is 17.8. The number of nitrogens with zero attached hydrogens (tertiary/aromatic N) is 2. The van der Waals surface area contributed by atoms with Gasteiger partial charge in [-0.2, -0.15) is 5.26 Å². The molecule has 3 aromatic rings. The fourth-order valence-electron chi connectivity index (χ4n) is 3.46. The number of carbonyl (C=O) groups is 2. The first-order chi connectivity index (χ1) is 16.0. The van der Waals surface area contributed by atoms with Crippen molar-refractivity contribution in [2.75, 3.05) is 10.2 Å². The summed E-state index contributed by atoms with van der Waals surface area (Å²) in [5.41, 5.74) is 3.17. The number of halogens is 1. The van der Waals surface area contributed by atoms with E-state index in [0.29, 0.717) is 27.8 Å². The third-order valence-corrected chi connectivity index (χ3v) is 6.68. The van der Waals surface area contributed by atoms with Crippen molar-refractivity contribution in [1.29, 1.82) is 5.26 Å². The van der Waals surface area contributed by atoms with Crippen LogP contribution < -0.4 is 10.2 Å². The maximum absolute atomic E-state index is 13.4. The second-order valence-electron chi connectivity index (χ2n) is 7.56. The van der Waals surface area contributed by atoms with Gasteiger partial charge in [-0.25, -0.2) is 0 Å². The van der Waals surface area contributed by atoms with E-state index in [9.17, 15) is 14.9 Å². The van der Waals surface area contributed by atoms with Crippen LogP contribution in [0, 0.1) is 18.3 Å². The quantitative estimate of drug-likeness (QED) is 0.380. The Labute approximate surface area is 201 Å². The van der Waals surface area contributed by atoms with E-state index in [1.54, 1.807) is 36.4 Å². The number of aryl methyl sites for hydroxylation is 1. The third-order valence-electron chi connectivity index (χ3n) is 5.16. The smallest absolute Gasteiger partial charge is 0.269 e. The number of rotatable bonds is 5. The lowest BCUT2D eigenvalue weighted by atomic mass is 10.1. The van der Waals surface area contributed by atoms with Gasteiger partial charge in [0.2, 0.25) is 5.91 Å². The Balaban J connectivity index is 1.70. The maximum atomic E-state index is 13.4. The van der Waals surface area contributed by atoms with E-state index in [1.165, 1.54) is 16.7 Å². The van der Waals surface area contributed by atoms with Crippen molar-refractivity contribution in [2.45, 2.75) is 18.6 Å². The Bertz CT molecular complexity index is 1250. The first-order valence-electron chi connectivity index (χ1n) is 10.3. The van der Waals surface area contributed by atoms with Crippen LogP contribution in [0.15, 0.2) is 89.5 Å². The molecule has 1 atom stereocenters. The topological polar surface area (TPSA) is 73.2 Å². The minimum atomic E-state index is -0.577. The van der Waals surface area contributed by atoms with Crippen LogP contribution in [0.1, 0.15) is 11.1 Å². The molecular weight excluding hydrogens is 454 g/mol. The van der Waals surface area contributed by atoms with Crippen LogP contribution in [0.5, 0.6) is 0 Å². The monoisotopic (exact) mass is 473 g/mol. The predicted molar refractivity (Wildman–Crippen MR) is 133 cm³/mol. The van der Waals surface area contributed by atoms with Crippen LogP contribution in [-0.4, -0.2) is 17.1 Å². The first kappa shape index (κ1) is 22.7. The summed E-state index contributed by atoms with van der Waals surface area (Å²) in [4.78, 5) is 27.9. The average Bonchev–Trinajstić information content (AvgIpc) is 3.13. The molecular formula is C26H20ClN3O2S. The van der Waals surface area contributed by atoms with E-state index in [-0.39, 0.29) is 11.5 Å². The molecule has 1 heterocycles. The van der Waals surface area contributed by atoms with Gasteiger partial charge in [0.05, 0.1) is 5.25 Å². The minimum Gasteiger partial charge on any atom is -0.321 e. The number of carbonyl (C=O) groups excluding carboxylic acids is 2. The second kappa shape index (κ2) is 9.95. The van der Waals surface area contributed by atoms with Gasteiger partial charge in [0.15, 0.2) is 0 Å². The largest absolute Gasteiger partial charge is 0.321 e. The number of thioether (sulfide) groups is 1. The molecule has 7 heteroatoms. The normalized spacial score (nSPS) is 16.9. The number of hydrogen-bond donors (Lipinski definition) is 1. The van der Waals surface area contributed by atoms with Crippen LogP contribution in [0.3, 0.4) is 0 Å². The van der Waals surface area contributed by atoms with E-state index in [1.807, 2.05) is 55.5 Å². The van der Waals surface area contributed by atoms with E-state index < -0.39 is 11.2 Å². The molecule has 33 heavy (non-hydrogen) atoms. The van der Waals surface area contributed by atoms with Gasteiger partial charge in [-0.05, 0) is 55.3 Å². The predicted octanol–water partition coefficient (Wildman–Crippen LogP) is 5.71. The number of amides is 2. The molecule has 0 saturated carbocycles. The number of benzene rings is 3. The Morgan fingerprint density at radius 2 is 1.73 bits per heavy atom. The lowest BCUT2D eigenvalue weighted by Gasteiger charge is -2.18. The Morgan fingerprint density at radius 3 is 2.36 bits per heavy atom. The SMILES string of the molecule is Cc1ccc(C[C@@H]2S/C(=C(/C#N)C(=O)Nc3ccc(Cl)cc3)N(c3ccccc3)C2=O)cc1. The van der Waals surface area contributed by atoms with Gasteiger partial charge in [-0.15, -0.1) is 0 Å². The molecule has 1 aliphatic rings. The van der Waals surface area contributed by atoms with Crippen molar-refractivity contribution >= 4 is 46.6 Å². The van der Waals surface area contributed by atoms with Crippen LogP contribution in [0.25, 0.3) is 0 Å². The molecule has 164 valence electrons. The summed E-state index contributed by atoms with van der Waals surface area (Å²) >= 11 is 7.16. The summed E-state index contributed by atoms with van der Waals surface area (Å²) in [6, 6.07) is 25.7. The molecule has 0 aromatic heterocycles. The average molecular weight is 474 g/mol. The van der Waals surface area contributed by atoms with Gasteiger partial charge < -0.3 is 5.32 Å².